The Bertz CT molecular complexity index is 528. The van der Waals surface area contributed by atoms with Crippen LogP contribution in [0, 0.1) is 0 Å². The monoisotopic (exact) mass is 276 g/mol. The van der Waals surface area contributed by atoms with Crippen LogP contribution in [-0.2, 0) is 0 Å². The number of rotatable bonds is 5. The lowest BCUT2D eigenvalue weighted by atomic mass is 9.98. The molecule has 0 radical (unpaired) electrons. The van der Waals surface area contributed by atoms with Crippen LogP contribution in [0.3, 0.4) is 0 Å². The molecule has 1 unspecified atom stereocenters. The molecule has 1 atom stereocenters. The van der Waals surface area contributed by atoms with Crippen molar-refractivity contribution in [1.29, 1.82) is 0 Å². The Morgan fingerprint density at radius 1 is 1.16 bits per heavy atom. The summed E-state index contributed by atoms with van der Waals surface area (Å²) in [7, 11) is 0. The van der Waals surface area contributed by atoms with Gasteiger partial charge >= 0.3 is 0 Å². The lowest BCUT2D eigenvalue weighted by Gasteiger charge is -2.20. The first kappa shape index (κ1) is 13.9. The fourth-order valence-corrected chi connectivity index (χ4v) is 2.15. The molecule has 0 saturated carbocycles. The van der Waals surface area contributed by atoms with Crippen LogP contribution in [0.5, 0.6) is 5.75 Å². The highest BCUT2D eigenvalue weighted by Crippen LogP contribution is 2.30. The molecule has 0 aliphatic carbocycles. The van der Waals surface area contributed by atoms with Gasteiger partial charge in [-0.3, -0.25) is 5.84 Å². The summed E-state index contributed by atoms with van der Waals surface area (Å²) in [6, 6.07) is 15.4. The number of halogens is 1. The van der Waals surface area contributed by atoms with Gasteiger partial charge in [-0.25, -0.2) is 5.43 Å². The van der Waals surface area contributed by atoms with Crippen LogP contribution in [0.25, 0.3) is 0 Å². The molecule has 0 aliphatic rings. The molecule has 19 heavy (non-hydrogen) atoms. The number of benzene rings is 2. The van der Waals surface area contributed by atoms with Gasteiger partial charge in [0.1, 0.15) is 5.75 Å². The number of hydrogen-bond donors (Lipinski definition) is 2. The third kappa shape index (κ3) is 3.26. The van der Waals surface area contributed by atoms with Crippen LogP contribution >= 0.6 is 11.6 Å². The van der Waals surface area contributed by atoms with Gasteiger partial charge in [-0.15, -0.1) is 0 Å². The number of nitrogens with two attached hydrogens (primary N) is 1. The lowest BCUT2D eigenvalue weighted by molar-refractivity contribution is 0.333. The Labute approximate surface area is 118 Å². The second-order valence-corrected chi connectivity index (χ2v) is 4.56. The molecule has 3 nitrogen and oxygen atoms in total. The number of nitrogens with one attached hydrogen (secondary N) is 1. The Balaban J connectivity index is 2.39. The van der Waals surface area contributed by atoms with Gasteiger partial charge in [-0.2, -0.15) is 0 Å². The van der Waals surface area contributed by atoms with Crippen LogP contribution < -0.4 is 16.0 Å². The second kappa shape index (κ2) is 6.57. The van der Waals surface area contributed by atoms with Gasteiger partial charge in [-0.05, 0) is 30.7 Å². The van der Waals surface area contributed by atoms with Gasteiger partial charge in [0.15, 0.2) is 0 Å². The molecule has 0 bridgehead atoms. The smallest absolute Gasteiger partial charge is 0.124 e. The van der Waals surface area contributed by atoms with Crippen molar-refractivity contribution < 1.29 is 4.74 Å². The first-order chi connectivity index (χ1) is 9.26. The molecule has 0 spiro atoms. The fraction of sp³-hybridized carbons (Fsp3) is 0.200. The second-order valence-electron chi connectivity index (χ2n) is 4.12. The van der Waals surface area contributed by atoms with Crippen molar-refractivity contribution in [3.05, 3.63) is 64.7 Å². The van der Waals surface area contributed by atoms with E-state index in [0.29, 0.717) is 11.6 Å². The molecule has 3 N–H and O–H groups in total. The van der Waals surface area contributed by atoms with E-state index in [2.05, 4.69) is 5.43 Å². The molecule has 2 aromatic rings. The lowest BCUT2D eigenvalue weighted by Crippen LogP contribution is -2.29. The molecule has 0 aliphatic heterocycles. The van der Waals surface area contributed by atoms with Crippen molar-refractivity contribution in [2.24, 2.45) is 5.84 Å². The highest BCUT2D eigenvalue weighted by molar-refractivity contribution is 6.30. The van der Waals surface area contributed by atoms with Crippen LogP contribution in [0.4, 0.5) is 0 Å². The number of hydrogen-bond acceptors (Lipinski definition) is 3. The van der Waals surface area contributed by atoms with Gasteiger partial charge < -0.3 is 4.74 Å². The maximum Gasteiger partial charge on any atom is 0.124 e. The van der Waals surface area contributed by atoms with Crippen LogP contribution in [0.2, 0.25) is 5.02 Å². The summed E-state index contributed by atoms with van der Waals surface area (Å²) in [6.07, 6.45) is 0. The van der Waals surface area contributed by atoms with E-state index in [1.165, 1.54) is 0 Å². The summed E-state index contributed by atoms with van der Waals surface area (Å²) in [4.78, 5) is 0. The number of ether oxygens (including phenoxy) is 1. The van der Waals surface area contributed by atoms with Gasteiger partial charge in [-0.1, -0.05) is 41.9 Å². The van der Waals surface area contributed by atoms with Crippen molar-refractivity contribution in [3.63, 3.8) is 0 Å². The van der Waals surface area contributed by atoms with Crippen molar-refractivity contribution in [3.8, 4) is 5.75 Å². The van der Waals surface area contributed by atoms with E-state index in [9.17, 15) is 0 Å². The molecule has 100 valence electrons. The maximum atomic E-state index is 5.91. The standard InChI is InChI=1S/C15H17ClN2O/c1-2-19-14-6-4-3-5-13(14)15(18-17)11-7-9-12(16)10-8-11/h3-10,15,18H,2,17H2,1H3. The SMILES string of the molecule is CCOc1ccccc1C(NN)c1ccc(Cl)cc1. The van der Waals surface area contributed by atoms with Crippen molar-refractivity contribution in [2.75, 3.05) is 6.61 Å². The fourth-order valence-electron chi connectivity index (χ4n) is 2.03. The maximum absolute atomic E-state index is 5.91. The Morgan fingerprint density at radius 3 is 2.47 bits per heavy atom. The molecule has 2 rings (SSSR count). The largest absolute Gasteiger partial charge is 0.494 e. The third-order valence-corrected chi connectivity index (χ3v) is 3.15. The van der Waals surface area contributed by atoms with E-state index in [4.69, 9.17) is 22.2 Å². The van der Waals surface area contributed by atoms with E-state index >= 15 is 0 Å². The zero-order valence-corrected chi connectivity index (χ0v) is 11.5. The van der Waals surface area contributed by atoms with Crippen molar-refractivity contribution >= 4 is 11.6 Å². The summed E-state index contributed by atoms with van der Waals surface area (Å²) in [5.74, 6) is 6.54. The first-order valence-electron chi connectivity index (χ1n) is 6.19. The number of para-hydroxylation sites is 1. The van der Waals surface area contributed by atoms with E-state index in [1.54, 1.807) is 0 Å². The predicted molar refractivity (Wildman–Crippen MR) is 78.2 cm³/mol. The highest BCUT2D eigenvalue weighted by Gasteiger charge is 2.16. The molecule has 2 aromatic carbocycles. The van der Waals surface area contributed by atoms with E-state index < -0.39 is 0 Å². The summed E-state index contributed by atoms with van der Waals surface area (Å²) < 4.78 is 5.64. The zero-order valence-electron chi connectivity index (χ0n) is 10.8. The molecule has 0 saturated heterocycles. The van der Waals surface area contributed by atoms with Crippen molar-refractivity contribution in [1.82, 2.24) is 5.43 Å². The normalized spacial score (nSPS) is 12.2. The number of hydrazine groups is 1. The van der Waals surface area contributed by atoms with Crippen LogP contribution in [0.15, 0.2) is 48.5 Å². The zero-order chi connectivity index (χ0) is 13.7. The van der Waals surface area contributed by atoms with Gasteiger partial charge in [0, 0.05) is 10.6 Å². The van der Waals surface area contributed by atoms with Gasteiger partial charge in [0.05, 0.1) is 12.6 Å². The summed E-state index contributed by atoms with van der Waals surface area (Å²) in [6.45, 7) is 2.58. The van der Waals surface area contributed by atoms with Gasteiger partial charge in [0.25, 0.3) is 0 Å². The van der Waals surface area contributed by atoms with E-state index in [-0.39, 0.29) is 6.04 Å². The highest BCUT2D eigenvalue weighted by atomic mass is 35.5. The van der Waals surface area contributed by atoms with Gasteiger partial charge in [0.2, 0.25) is 0 Å². The quantitative estimate of drug-likeness (QED) is 0.651. The molecule has 0 amide bonds. The van der Waals surface area contributed by atoms with E-state index in [0.717, 1.165) is 16.9 Å². The first-order valence-corrected chi connectivity index (χ1v) is 6.57. The molecule has 0 heterocycles. The van der Waals surface area contributed by atoms with Crippen molar-refractivity contribution in [2.45, 2.75) is 13.0 Å². The average Bonchev–Trinajstić information content (AvgIpc) is 2.44. The predicted octanol–water partition coefficient (Wildman–Crippen LogP) is 3.29. The minimum Gasteiger partial charge on any atom is -0.494 e. The molecule has 0 aromatic heterocycles. The summed E-state index contributed by atoms with van der Waals surface area (Å²) >= 11 is 5.91. The Kier molecular flexibility index (Phi) is 4.80. The average molecular weight is 277 g/mol. The minimum atomic E-state index is -0.125. The summed E-state index contributed by atoms with van der Waals surface area (Å²) in [5, 5.41) is 0.706. The van der Waals surface area contributed by atoms with Crippen LogP contribution in [0.1, 0.15) is 24.1 Å². The minimum absolute atomic E-state index is 0.125. The Morgan fingerprint density at radius 2 is 1.84 bits per heavy atom. The molecule has 4 heteroatoms. The summed E-state index contributed by atoms with van der Waals surface area (Å²) in [5.41, 5.74) is 4.88. The Hall–Kier alpha value is -1.55. The van der Waals surface area contributed by atoms with Crippen LogP contribution in [-0.4, -0.2) is 6.61 Å². The third-order valence-electron chi connectivity index (χ3n) is 2.90. The molecular formula is C15H17ClN2O. The topological polar surface area (TPSA) is 47.3 Å². The molecule has 0 fully saturated rings. The molecular weight excluding hydrogens is 260 g/mol. The van der Waals surface area contributed by atoms with E-state index in [1.807, 2.05) is 55.5 Å².